The fraction of sp³-hybridized carbons (Fsp3) is 0.818. The lowest BCUT2D eigenvalue weighted by molar-refractivity contribution is -0.141. The molecular weight excluding hydrogens is 240 g/mol. The lowest BCUT2D eigenvalue weighted by Crippen LogP contribution is -2.48. The van der Waals surface area contributed by atoms with Crippen molar-refractivity contribution >= 4 is 12.0 Å². The van der Waals surface area contributed by atoms with Gasteiger partial charge in [0.2, 0.25) is 0 Å². The van der Waals surface area contributed by atoms with Crippen LogP contribution in [-0.2, 0) is 9.53 Å². The Morgan fingerprint density at radius 3 is 2.72 bits per heavy atom. The predicted molar refractivity (Wildman–Crippen MR) is 61.2 cm³/mol. The molecule has 0 aromatic heterocycles. The van der Waals surface area contributed by atoms with Crippen molar-refractivity contribution in [3.8, 4) is 0 Å². The molecule has 2 saturated heterocycles. The van der Waals surface area contributed by atoms with Gasteiger partial charge in [-0.2, -0.15) is 0 Å². The largest absolute Gasteiger partial charge is 0.480 e. The SMILES string of the molecule is O=C(O)[C@@H]1CC(O)CN1C(=O)N1CCCOCC1. The van der Waals surface area contributed by atoms with Crippen LogP contribution in [0.15, 0.2) is 0 Å². The van der Waals surface area contributed by atoms with E-state index in [9.17, 15) is 14.7 Å². The number of nitrogens with zero attached hydrogens (tertiary/aromatic N) is 2. The molecule has 0 spiro atoms. The minimum absolute atomic E-state index is 0.0904. The van der Waals surface area contributed by atoms with E-state index in [-0.39, 0.29) is 19.0 Å². The molecule has 0 saturated carbocycles. The molecule has 7 heteroatoms. The van der Waals surface area contributed by atoms with Crippen molar-refractivity contribution in [3.05, 3.63) is 0 Å². The van der Waals surface area contributed by atoms with Crippen LogP contribution < -0.4 is 0 Å². The number of aliphatic hydroxyl groups excluding tert-OH is 1. The van der Waals surface area contributed by atoms with Gasteiger partial charge in [-0.05, 0) is 6.42 Å². The third-order valence-corrected chi connectivity index (χ3v) is 3.30. The third kappa shape index (κ3) is 2.73. The molecule has 2 atom stereocenters. The van der Waals surface area contributed by atoms with E-state index in [0.29, 0.717) is 26.3 Å². The summed E-state index contributed by atoms with van der Waals surface area (Å²) in [4.78, 5) is 26.1. The lowest BCUT2D eigenvalue weighted by atomic mass is 10.2. The maximum Gasteiger partial charge on any atom is 0.326 e. The summed E-state index contributed by atoms with van der Waals surface area (Å²) in [5, 5.41) is 18.6. The molecule has 0 bridgehead atoms. The Morgan fingerprint density at radius 2 is 2.00 bits per heavy atom. The monoisotopic (exact) mass is 258 g/mol. The maximum absolute atomic E-state index is 12.2. The van der Waals surface area contributed by atoms with Crippen molar-refractivity contribution in [1.29, 1.82) is 0 Å². The number of hydrogen-bond acceptors (Lipinski definition) is 4. The molecule has 2 aliphatic rings. The Bertz CT molecular complexity index is 327. The second-order valence-electron chi connectivity index (χ2n) is 4.63. The highest BCUT2D eigenvalue weighted by Crippen LogP contribution is 2.20. The third-order valence-electron chi connectivity index (χ3n) is 3.30. The zero-order valence-corrected chi connectivity index (χ0v) is 10.1. The first kappa shape index (κ1) is 13.1. The number of aliphatic hydroxyl groups is 1. The number of aliphatic carboxylic acids is 1. The number of urea groups is 1. The summed E-state index contributed by atoms with van der Waals surface area (Å²) in [5.41, 5.74) is 0. The molecule has 0 aromatic carbocycles. The van der Waals surface area contributed by atoms with Gasteiger partial charge >= 0.3 is 12.0 Å². The van der Waals surface area contributed by atoms with Gasteiger partial charge in [0.25, 0.3) is 0 Å². The number of likely N-dealkylation sites (tertiary alicyclic amines) is 1. The molecule has 2 N–H and O–H groups in total. The topological polar surface area (TPSA) is 90.3 Å². The van der Waals surface area contributed by atoms with Gasteiger partial charge in [0.15, 0.2) is 0 Å². The molecule has 0 aliphatic carbocycles. The van der Waals surface area contributed by atoms with Crippen LogP contribution >= 0.6 is 0 Å². The second kappa shape index (κ2) is 5.53. The average Bonchev–Trinajstić information content (AvgIpc) is 2.56. The molecule has 2 aliphatic heterocycles. The number of amides is 2. The van der Waals surface area contributed by atoms with E-state index in [1.165, 1.54) is 4.90 Å². The van der Waals surface area contributed by atoms with Gasteiger partial charge in [0.1, 0.15) is 6.04 Å². The van der Waals surface area contributed by atoms with E-state index >= 15 is 0 Å². The number of ether oxygens (including phenoxy) is 1. The van der Waals surface area contributed by atoms with Gasteiger partial charge in [0, 0.05) is 32.7 Å². The lowest BCUT2D eigenvalue weighted by Gasteiger charge is -2.28. The van der Waals surface area contributed by atoms with Crippen molar-refractivity contribution in [2.75, 3.05) is 32.8 Å². The van der Waals surface area contributed by atoms with Crippen LogP contribution in [0.2, 0.25) is 0 Å². The average molecular weight is 258 g/mol. The molecule has 0 aromatic rings. The van der Waals surface area contributed by atoms with Crippen molar-refractivity contribution < 1.29 is 24.5 Å². The van der Waals surface area contributed by atoms with Crippen LogP contribution in [0.5, 0.6) is 0 Å². The molecule has 2 fully saturated rings. The Hall–Kier alpha value is -1.34. The van der Waals surface area contributed by atoms with Crippen LogP contribution in [0.4, 0.5) is 4.79 Å². The summed E-state index contributed by atoms with van der Waals surface area (Å²) in [6, 6.07) is -1.24. The van der Waals surface area contributed by atoms with E-state index in [4.69, 9.17) is 9.84 Å². The van der Waals surface area contributed by atoms with Gasteiger partial charge in [-0.15, -0.1) is 0 Å². The van der Waals surface area contributed by atoms with Crippen molar-refractivity contribution in [1.82, 2.24) is 9.80 Å². The number of rotatable bonds is 1. The molecule has 18 heavy (non-hydrogen) atoms. The van der Waals surface area contributed by atoms with Gasteiger partial charge in [-0.3, -0.25) is 0 Å². The fourth-order valence-corrected chi connectivity index (χ4v) is 2.38. The molecular formula is C11H18N2O5. The van der Waals surface area contributed by atoms with E-state index in [1.807, 2.05) is 0 Å². The minimum atomic E-state index is -1.06. The number of β-amino-alcohol motifs (C(OH)–C–C–N with tert-alkyl or cyclic N) is 1. The number of carbonyl (C=O) groups is 2. The molecule has 7 nitrogen and oxygen atoms in total. The molecule has 1 unspecified atom stereocenters. The highest BCUT2D eigenvalue weighted by molar-refractivity contribution is 5.83. The standard InChI is InChI=1S/C11H18N2O5/c14-8-6-9(10(15)16)13(7-8)11(17)12-2-1-4-18-5-3-12/h8-9,14H,1-7H2,(H,15,16)/t8?,9-/m0/s1. The molecule has 0 radical (unpaired) electrons. The Labute approximate surface area is 105 Å². The van der Waals surface area contributed by atoms with Gasteiger partial charge in [-0.1, -0.05) is 0 Å². The Kier molecular flexibility index (Phi) is 4.03. The van der Waals surface area contributed by atoms with Gasteiger partial charge in [-0.25, -0.2) is 9.59 Å². The second-order valence-corrected chi connectivity index (χ2v) is 4.63. The van der Waals surface area contributed by atoms with E-state index in [1.54, 1.807) is 4.90 Å². The first-order valence-electron chi connectivity index (χ1n) is 6.13. The van der Waals surface area contributed by atoms with E-state index in [0.717, 1.165) is 6.42 Å². The molecule has 2 amide bonds. The predicted octanol–water partition coefficient (Wildman–Crippen LogP) is -0.651. The van der Waals surface area contributed by atoms with Crippen LogP contribution in [0.25, 0.3) is 0 Å². The van der Waals surface area contributed by atoms with Crippen LogP contribution in [0, 0.1) is 0 Å². The number of carbonyl (C=O) groups excluding carboxylic acids is 1. The summed E-state index contributed by atoms with van der Waals surface area (Å²) in [6.45, 7) is 2.22. The zero-order chi connectivity index (χ0) is 13.1. The Balaban J connectivity index is 2.04. The summed E-state index contributed by atoms with van der Waals surface area (Å²) >= 11 is 0. The smallest absolute Gasteiger partial charge is 0.326 e. The van der Waals surface area contributed by atoms with Crippen molar-refractivity contribution in [3.63, 3.8) is 0 Å². The van der Waals surface area contributed by atoms with Gasteiger partial charge in [0.05, 0.1) is 12.7 Å². The number of hydrogen-bond donors (Lipinski definition) is 2. The number of carboxylic acid groups (broad SMARTS) is 1. The quantitative estimate of drug-likeness (QED) is 0.652. The molecule has 2 rings (SSSR count). The van der Waals surface area contributed by atoms with Gasteiger partial charge < -0.3 is 24.7 Å². The summed E-state index contributed by atoms with van der Waals surface area (Å²) in [6.07, 6.45) is 0.101. The zero-order valence-electron chi connectivity index (χ0n) is 10.1. The fourth-order valence-electron chi connectivity index (χ4n) is 2.38. The highest BCUT2D eigenvalue weighted by Gasteiger charge is 2.40. The normalized spacial score (nSPS) is 29.2. The van der Waals surface area contributed by atoms with E-state index in [2.05, 4.69) is 0 Å². The van der Waals surface area contributed by atoms with Crippen molar-refractivity contribution in [2.45, 2.75) is 25.0 Å². The summed E-state index contributed by atoms with van der Waals surface area (Å²) in [7, 11) is 0. The van der Waals surface area contributed by atoms with E-state index < -0.39 is 18.1 Å². The highest BCUT2D eigenvalue weighted by atomic mass is 16.5. The molecule has 2 heterocycles. The summed E-state index contributed by atoms with van der Waals surface area (Å²) in [5.74, 6) is -1.06. The van der Waals surface area contributed by atoms with Crippen LogP contribution in [-0.4, -0.2) is 77.0 Å². The first-order valence-corrected chi connectivity index (χ1v) is 6.13. The Morgan fingerprint density at radius 1 is 1.22 bits per heavy atom. The molecule has 102 valence electrons. The van der Waals surface area contributed by atoms with Crippen LogP contribution in [0.1, 0.15) is 12.8 Å². The summed E-state index contributed by atoms with van der Waals surface area (Å²) < 4.78 is 5.25. The maximum atomic E-state index is 12.2. The number of carboxylic acids is 1. The minimum Gasteiger partial charge on any atom is -0.480 e. The van der Waals surface area contributed by atoms with Crippen LogP contribution in [0.3, 0.4) is 0 Å². The first-order chi connectivity index (χ1) is 8.59. The van der Waals surface area contributed by atoms with Crippen molar-refractivity contribution in [2.24, 2.45) is 0 Å².